The van der Waals surface area contributed by atoms with Gasteiger partial charge in [-0.05, 0) is 23.8 Å². The van der Waals surface area contributed by atoms with Crippen LogP contribution < -0.4 is 14.4 Å². The number of para-hydroxylation sites is 1. The Bertz CT molecular complexity index is 1050. The third kappa shape index (κ3) is 5.00. The summed E-state index contributed by atoms with van der Waals surface area (Å²) in [6.45, 7) is 4.21. The van der Waals surface area contributed by atoms with Crippen LogP contribution in [0.5, 0.6) is 11.5 Å². The average molecular weight is 434 g/mol. The van der Waals surface area contributed by atoms with Crippen molar-refractivity contribution in [3.63, 3.8) is 0 Å². The van der Waals surface area contributed by atoms with Crippen LogP contribution >= 0.6 is 0 Å². The van der Waals surface area contributed by atoms with E-state index in [9.17, 15) is 9.90 Å². The number of benzene rings is 2. The van der Waals surface area contributed by atoms with Gasteiger partial charge in [-0.25, -0.2) is 9.78 Å². The minimum absolute atomic E-state index is 0.241. The van der Waals surface area contributed by atoms with Crippen molar-refractivity contribution in [2.75, 3.05) is 38.2 Å². The Balaban J connectivity index is 1.43. The Labute approximate surface area is 187 Å². The molecule has 1 saturated heterocycles. The summed E-state index contributed by atoms with van der Waals surface area (Å²) in [6.07, 6.45) is 1.64. The number of methoxy groups -OCH3 is 1. The van der Waals surface area contributed by atoms with Crippen molar-refractivity contribution in [3.05, 3.63) is 83.6 Å². The Morgan fingerprint density at radius 3 is 2.50 bits per heavy atom. The summed E-state index contributed by atoms with van der Waals surface area (Å²) in [6, 6.07) is 19.3. The highest BCUT2D eigenvalue weighted by atomic mass is 16.5. The monoisotopic (exact) mass is 433 g/mol. The molecule has 0 aliphatic carbocycles. The smallest absolute Gasteiger partial charge is 0.339 e. The van der Waals surface area contributed by atoms with Gasteiger partial charge in [-0.3, -0.25) is 4.90 Å². The summed E-state index contributed by atoms with van der Waals surface area (Å²) in [4.78, 5) is 20.2. The quantitative estimate of drug-likeness (QED) is 0.581. The summed E-state index contributed by atoms with van der Waals surface area (Å²) in [5, 5.41) is 9.45. The topological polar surface area (TPSA) is 75.1 Å². The molecule has 32 heavy (non-hydrogen) atoms. The average Bonchev–Trinajstić information content (AvgIpc) is 2.84. The summed E-state index contributed by atoms with van der Waals surface area (Å²) in [5.74, 6) is 1.07. The second kappa shape index (κ2) is 10.2. The summed E-state index contributed by atoms with van der Waals surface area (Å²) in [7, 11) is 1.65. The number of aromatic nitrogens is 1. The predicted octanol–water partition coefficient (Wildman–Crippen LogP) is 3.69. The van der Waals surface area contributed by atoms with Crippen LogP contribution in [0, 0.1) is 0 Å². The van der Waals surface area contributed by atoms with Crippen LogP contribution in [-0.4, -0.2) is 54.2 Å². The summed E-state index contributed by atoms with van der Waals surface area (Å²) in [5.41, 5.74) is 2.41. The first-order valence-corrected chi connectivity index (χ1v) is 10.6. The van der Waals surface area contributed by atoms with Gasteiger partial charge < -0.3 is 19.5 Å². The van der Waals surface area contributed by atoms with Gasteiger partial charge in [0.15, 0.2) is 11.5 Å². The lowest BCUT2D eigenvalue weighted by molar-refractivity contribution is 0.0697. The lowest BCUT2D eigenvalue weighted by Crippen LogP contribution is -2.46. The van der Waals surface area contributed by atoms with E-state index in [1.165, 1.54) is 0 Å². The molecule has 7 heteroatoms. The minimum Gasteiger partial charge on any atom is -0.493 e. The number of hydrogen-bond donors (Lipinski definition) is 1. The van der Waals surface area contributed by atoms with Crippen LogP contribution in [0.3, 0.4) is 0 Å². The van der Waals surface area contributed by atoms with Gasteiger partial charge in [0, 0.05) is 44.5 Å². The molecule has 2 aromatic carbocycles. The van der Waals surface area contributed by atoms with Crippen LogP contribution in [0.1, 0.15) is 21.5 Å². The lowest BCUT2D eigenvalue weighted by Gasteiger charge is -2.36. The number of nitrogens with zero attached hydrogens (tertiary/aromatic N) is 3. The van der Waals surface area contributed by atoms with Crippen LogP contribution in [0.15, 0.2) is 66.9 Å². The van der Waals surface area contributed by atoms with Gasteiger partial charge in [0.1, 0.15) is 18.0 Å². The van der Waals surface area contributed by atoms with Gasteiger partial charge in [-0.1, -0.05) is 42.5 Å². The number of anilines is 1. The van der Waals surface area contributed by atoms with Crippen molar-refractivity contribution in [2.45, 2.75) is 13.2 Å². The third-order valence-corrected chi connectivity index (χ3v) is 5.59. The fourth-order valence-corrected chi connectivity index (χ4v) is 3.91. The highest BCUT2D eigenvalue weighted by Gasteiger charge is 2.23. The molecule has 7 nitrogen and oxygen atoms in total. The molecule has 0 amide bonds. The molecule has 1 aliphatic heterocycles. The fraction of sp³-hybridized carbons (Fsp3) is 0.280. The second-order valence-corrected chi connectivity index (χ2v) is 7.67. The molecule has 0 bridgehead atoms. The van der Waals surface area contributed by atoms with E-state index in [4.69, 9.17) is 9.47 Å². The molecule has 2 heterocycles. The molecule has 0 saturated carbocycles. The summed E-state index contributed by atoms with van der Waals surface area (Å²) >= 11 is 0. The van der Waals surface area contributed by atoms with E-state index in [0.717, 1.165) is 42.3 Å². The van der Waals surface area contributed by atoms with Gasteiger partial charge in [0.05, 0.1) is 7.11 Å². The van der Waals surface area contributed by atoms with E-state index < -0.39 is 5.97 Å². The Kier molecular flexibility index (Phi) is 6.87. The highest BCUT2D eigenvalue weighted by molar-refractivity contribution is 5.93. The van der Waals surface area contributed by atoms with E-state index >= 15 is 0 Å². The molecule has 0 spiro atoms. The van der Waals surface area contributed by atoms with Crippen molar-refractivity contribution in [2.24, 2.45) is 0 Å². The zero-order valence-corrected chi connectivity index (χ0v) is 18.1. The van der Waals surface area contributed by atoms with E-state index in [0.29, 0.717) is 25.5 Å². The van der Waals surface area contributed by atoms with E-state index in [-0.39, 0.29) is 5.56 Å². The molecule has 0 unspecified atom stereocenters. The Morgan fingerprint density at radius 2 is 1.78 bits per heavy atom. The Hall–Kier alpha value is -3.58. The number of pyridine rings is 1. The normalized spacial score (nSPS) is 14.2. The molecule has 166 valence electrons. The van der Waals surface area contributed by atoms with Crippen LogP contribution in [-0.2, 0) is 13.2 Å². The zero-order valence-electron chi connectivity index (χ0n) is 18.1. The number of aromatic carboxylic acids is 1. The van der Waals surface area contributed by atoms with Gasteiger partial charge in [0.25, 0.3) is 0 Å². The number of rotatable bonds is 8. The standard InChI is InChI=1S/C25H27N3O4/c1-31-22-11-5-9-20(23(22)32-18-19-7-3-2-4-8-19)17-27-13-15-28(16-14-27)24-21(25(29)30)10-6-12-26-24/h2-12H,13-18H2,1H3,(H,29,30). The van der Waals surface area contributed by atoms with E-state index in [1.54, 1.807) is 25.4 Å². The van der Waals surface area contributed by atoms with Crippen LogP contribution in [0.25, 0.3) is 0 Å². The second-order valence-electron chi connectivity index (χ2n) is 7.67. The first-order chi connectivity index (χ1) is 15.7. The lowest BCUT2D eigenvalue weighted by atomic mass is 10.1. The van der Waals surface area contributed by atoms with Gasteiger partial charge in [-0.2, -0.15) is 0 Å². The molecular weight excluding hydrogens is 406 g/mol. The molecule has 1 N–H and O–H groups in total. The molecule has 0 atom stereocenters. The first-order valence-electron chi connectivity index (χ1n) is 10.6. The van der Waals surface area contributed by atoms with Crippen molar-refractivity contribution >= 4 is 11.8 Å². The largest absolute Gasteiger partial charge is 0.493 e. The molecule has 1 aromatic heterocycles. The summed E-state index contributed by atoms with van der Waals surface area (Å²) < 4.78 is 11.7. The zero-order chi connectivity index (χ0) is 22.3. The number of hydrogen-bond acceptors (Lipinski definition) is 6. The minimum atomic E-state index is -0.952. The van der Waals surface area contributed by atoms with Crippen molar-refractivity contribution in [3.8, 4) is 11.5 Å². The number of ether oxygens (including phenoxy) is 2. The molecule has 3 aromatic rings. The van der Waals surface area contributed by atoms with Crippen LogP contribution in [0.4, 0.5) is 5.82 Å². The maximum atomic E-state index is 11.5. The van der Waals surface area contributed by atoms with E-state index in [1.807, 2.05) is 47.4 Å². The molecule has 0 radical (unpaired) electrons. The first kappa shape index (κ1) is 21.6. The van der Waals surface area contributed by atoms with Crippen LogP contribution in [0.2, 0.25) is 0 Å². The number of piperazine rings is 1. The highest BCUT2D eigenvalue weighted by Crippen LogP contribution is 2.33. The molecular formula is C25H27N3O4. The molecule has 1 fully saturated rings. The SMILES string of the molecule is COc1cccc(CN2CCN(c3ncccc3C(=O)O)CC2)c1OCc1ccccc1. The Morgan fingerprint density at radius 1 is 1.00 bits per heavy atom. The van der Waals surface area contributed by atoms with E-state index in [2.05, 4.69) is 16.0 Å². The fourth-order valence-electron chi connectivity index (χ4n) is 3.91. The van der Waals surface area contributed by atoms with Crippen molar-refractivity contribution in [1.82, 2.24) is 9.88 Å². The van der Waals surface area contributed by atoms with Crippen molar-refractivity contribution in [1.29, 1.82) is 0 Å². The van der Waals surface area contributed by atoms with Crippen molar-refractivity contribution < 1.29 is 19.4 Å². The number of carboxylic acid groups (broad SMARTS) is 1. The third-order valence-electron chi connectivity index (χ3n) is 5.59. The maximum Gasteiger partial charge on any atom is 0.339 e. The van der Waals surface area contributed by atoms with Gasteiger partial charge in [0.2, 0.25) is 0 Å². The number of carboxylic acids is 1. The van der Waals surface area contributed by atoms with Gasteiger partial charge >= 0.3 is 5.97 Å². The molecule has 4 rings (SSSR count). The van der Waals surface area contributed by atoms with Gasteiger partial charge in [-0.15, -0.1) is 0 Å². The maximum absolute atomic E-state index is 11.5. The number of carbonyl (C=O) groups is 1. The predicted molar refractivity (Wildman–Crippen MR) is 122 cm³/mol. The molecule has 1 aliphatic rings.